The average Bonchev–Trinajstić information content (AvgIpc) is 3.73. The molecule has 0 aliphatic carbocycles. The van der Waals surface area contributed by atoms with Crippen molar-refractivity contribution in [1.82, 2.24) is 0 Å². The Labute approximate surface area is 278 Å². The van der Waals surface area contributed by atoms with Crippen molar-refractivity contribution >= 4 is 19.2 Å². The number of hydrogen-bond donors (Lipinski definition) is 0. The van der Waals surface area contributed by atoms with Gasteiger partial charge in [0, 0.05) is 34.1 Å². The maximum atomic E-state index is 2.17. The van der Waals surface area contributed by atoms with Crippen molar-refractivity contribution in [3.63, 3.8) is 0 Å². The standard InChI is InChI=1S/C12H11P.4C5H5.2ClH.2Fe.Pd/c1-3-7-11(8-4-1)13-12-9-5-2-6-10-12;4*1-2-4-5-3-1;;;;;/h1-10,13H;4*1-5H;2*1H;;;/q;-5;3*-1;;;;;+2/p-2. The molecule has 0 nitrogen and oxygen atoms in total. The average molecular weight is 736 g/mol. The van der Waals surface area contributed by atoms with Gasteiger partial charge in [0.2, 0.25) is 0 Å². The van der Waals surface area contributed by atoms with Gasteiger partial charge in [-0.05, 0) is 10.6 Å². The Balaban J connectivity index is -0.000000198. The molecule has 0 amide bonds. The van der Waals surface area contributed by atoms with Crippen molar-refractivity contribution < 1.29 is 79.4 Å². The van der Waals surface area contributed by atoms with Crippen LogP contribution in [0.3, 0.4) is 0 Å². The molecule has 0 unspecified atom stereocenters. The molecule has 6 heteroatoms. The van der Waals surface area contributed by atoms with Gasteiger partial charge in [0.25, 0.3) is 0 Å². The van der Waals surface area contributed by atoms with E-state index in [0.717, 1.165) is 8.58 Å². The molecule has 0 aromatic heterocycles. The van der Waals surface area contributed by atoms with Crippen LogP contribution in [0.4, 0.5) is 0 Å². The second-order valence-corrected chi connectivity index (χ2v) is 8.11. The zero-order chi connectivity index (χ0) is 23.1. The molecular weight excluding hydrogens is 704 g/mol. The summed E-state index contributed by atoms with van der Waals surface area (Å²) in [6.45, 7) is 0. The third-order valence-corrected chi connectivity index (χ3v) is 5.30. The zero-order valence-electron chi connectivity index (χ0n) is 20.6. The molecule has 0 bridgehead atoms. The first kappa shape index (κ1) is 43.6. The normalized spacial score (nSPS) is 7.58. The Bertz CT molecular complexity index is 856. The van der Waals surface area contributed by atoms with E-state index in [-0.39, 0.29) is 79.4 Å². The first-order chi connectivity index (χ1) is 16.4. The van der Waals surface area contributed by atoms with E-state index < -0.39 is 0 Å². The number of rotatable bonds is 2. The Morgan fingerprint density at radius 1 is 0.368 bits per heavy atom. The van der Waals surface area contributed by atoms with E-state index in [9.17, 15) is 0 Å². The Kier molecular flexibility index (Phi) is 38.5. The maximum absolute atomic E-state index is 2.17. The summed E-state index contributed by atoms with van der Waals surface area (Å²) in [6.07, 6.45) is 0. The molecule has 0 fully saturated rings. The van der Waals surface area contributed by atoms with E-state index >= 15 is 0 Å². The van der Waals surface area contributed by atoms with Gasteiger partial charge in [-0.1, -0.05) is 69.2 Å². The van der Waals surface area contributed by atoms with E-state index in [0.29, 0.717) is 0 Å². The van der Waals surface area contributed by atoms with Gasteiger partial charge in [0.15, 0.2) is 0 Å². The molecule has 6 rings (SSSR count). The maximum Gasteiger partial charge on any atom is 2.00 e. The van der Waals surface area contributed by atoms with Gasteiger partial charge in [-0.2, -0.15) is 54.6 Å². The van der Waals surface area contributed by atoms with Crippen molar-refractivity contribution in [3.05, 3.63) is 182 Å². The first-order valence-corrected chi connectivity index (χ1v) is 12.0. The fourth-order valence-corrected chi connectivity index (χ4v) is 3.54. The van der Waals surface area contributed by atoms with Gasteiger partial charge in [0.1, 0.15) is 0 Å². The number of hydrogen-bond acceptors (Lipinski definition) is 0. The van der Waals surface area contributed by atoms with Crippen molar-refractivity contribution in [1.29, 1.82) is 0 Å². The monoisotopic (exact) mass is 734 g/mol. The van der Waals surface area contributed by atoms with Gasteiger partial charge in [-0.25, -0.2) is 36.4 Å². The molecule has 0 N–H and O–H groups in total. The van der Waals surface area contributed by atoms with Crippen LogP contribution in [0.5, 0.6) is 0 Å². The van der Waals surface area contributed by atoms with E-state index in [1.165, 1.54) is 10.6 Å². The van der Waals surface area contributed by atoms with E-state index in [4.69, 9.17) is 0 Å². The van der Waals surface area contributed by atoms with Crippen LogP contribution in [0.15, 0.2) is 182 Å². The van der Waals surface area contributed by atoms with Crippen LogP contribution in [0.2, 0.25) is 0 Å². The molecule has 0 aliphatic heterocycles. The number of halogens is 2. The molecule has 212 valence electrons. The molecule has 0 heterocycles. The topological polar surface area (TPSA) is 0 Å². The molecule has 0 radical (unpaired) electrons. The molecular formula is C32H31Cl2Fe2PPd-8. The van der Waals surface area contributed by atoms with Crippen molar-refractivity contribution in [2.45, 2.75) is 0 Å². The summed E-state index contributed by atoms with van der Waals surface area (Å²) in [4.78, 5) is 0. The van der Waals surface area contributed by atoms with Gasteiger partial charge in [-0.15, -0.1) is 0 Å². The second-order valence-electron chi connectivity index (χ2n) is 6.71. The van der Waals surface area contributed by atoms with E-state index in [2.05, 4.69) is 60.7 Å². The fourth-order valence-electron chi connectivity index (χ4n) is 2.49. The van der Waals surface area contributed by atoms with Crippen LogP contribution < -0.4 is 35.4 Å². The SMILES string of the molecule is [Cl-].[Cl-].[Fe].[Fe].[Pd+2].[cH-]1[cH-][cH-][cH-][cH-]1.c1cc[cH-]c1.c1cc[cH-]c1.c1cc[cH-]c1.c1ccc(Pc2ccccc2)cc1. The van der Waals surface area contributed by atoms with Crippen LogP contribution in [-0.4, -0.2) is 0 Å². The number of benzene rings is 2. The van der Waals surface area contributed by atoms with Crippen LogP contribution >= 0.6 is 8.58 Å². The molecule has 0 atom stereocenters. The summed E-state index contributed by atoms with van der Waals surface area (Å²) >= 11 is 0. The quantitative estimate of drug-likeness (QED) is 0.145. The molecule has 0 aliphatic rings. The van der Waals surface area contributed by atoms with Crippen LogP contribution in [0, 0.1) is 0 Å². The minimum Gasteiger partial charge on any atom is -1.00 e. The third kappa shape index (κ3) is 26.2. The summed E-state index contributed by atoms with van der Waals surface area (Å²) in [6, 6.07) is 61.2. The second kappa shape index (κ2) is 33.6. The molecule has 0 saturated carbocycles. The molecule has 6 aromatic rings. The minimum atomic E-state index is 0. The first-order valence-electron chi connectivity index (χ1n) is 11.0. The molecule has 38 heavy (non-hydrogen) atoms. The minimum absolute atomic E-state index is 0. The van der Waals surface area contributed by atoms with Gasteiger partial charge >= 0.3 is 20.4 Å². The van der Waals surface area contributed by atoms with Crippen molar-refractivity contribution in [3.8, 4) is 0 Å². The Morgan fingerprint density at radius 2 is 0.605 bits per heavy atom. The third-order valence-electron chi connectivity index (χ3n) is 4.06. The predicted molar refractivity (Wildman–Crippen MR) is 149 cm³/mol. The van der Waals surface area contributed by atoms with Crippen molar-refractivity contribution in [2.24, 2.45) is 0 Å². The molecule has 0 saturated heterocycles. The van der Waals surface area contributed by atoms with Crippen LogP contribution in [-0.2, 0) is 54.6 Å². The molecule has 0 spiro atoms. The van der Waals surface area contributed by atoms with E-state index in [1.54, 1.807) is 0 Å². The van der Waals surface area contributed by atoms with Gasteiger partial charge in [-0.3, -0.25) is 0 Å². The predicted octanol–water partition coefficient (Wildman–Crippen LogP) is 1.94. The molecule has 6 aromatic carbocycles. The summed E-state index contributed by atoms with van der Waals surface area (Å²) < 4.78 is 0. The van der Waals surface area contributed by atoms with Crippen LogP contribution in [0.25, 0.3) is 0 Å². The summed E-state index contributed by atoms with van der Waals surface area (Å²) in [5, 5.41) is 2.79. The van der Waals surface area contributed by atoms with E-state index in [1.807, 2.05) is 121 Å². The summed E-state index contributed by atoms with van der Waals surface area (Å²) in [5.74, 6) is 0. The summed E-state index contributed by atoms with van der Waals surface area (Å²) in [5.41, 5.74) is 0. The van der Waals surface area contributed by atoms with Gasteiger partial charge < -0.3 is 55.1 Å². The van der Waals surface area contributed by atoms with Crippen LogP contribution in [0.1, 0.15) is 0 Å². The Hall–Kier alpha value is -1.45. The van der Waals surface area contributed by atoms with Gasteiger partial charge in [0.05, 0.1) is 0 Å². The Morgan fingerprint density at radius 3 is 0.789 bits per heavy atom. The smallest absolute Gasteiger partial charge is 1.00 e. The summed E-state index contributed by atoms with van der Waals surface area (Å²) in [7, 11) is 0.777. The largest absolute Gasteiger partial charge is 2.00 e. The fraction of sp³-hybridized carbons (Fsp3) is 0. The van der Waals surface area contributed by atoms with Crippen molar-refractivity contribution in [2.75, 3.05) is 0 Å². The zero-order valence-corrected chi connectivity index (χ0v) is 26.9.